The number of nitrogens with zero attached hydrogens (tertiary/aromatic N) is 3. The molecule has 1 atom stereocenters. The average molecular weight is 374 g/mol. The Morgan fingerprint density at radius 3 is 2.57 bits per heavy atom. The smallest absolute Gasteiger partial charge is 0.156 e. The van der Waals surface area contributed by atoms with E-state index < -0.39 is 0 Å². The molecule has 0 amide bonds. The number of aromatic amines is 1. The Morgan fingerprint density at radius 1 is 1.14 bits per heavy atom. The third-order valence-electron chi connectivity index (χ3n) is 4.85. The first kappa shape index (κ1) is 19.7. The lowest BCUT2D eigenvalue weighted by molar-refractivity contribution is 0.356. The third kappa shape index (κ3) is 4.79. The fourth-order valence-electron chi connectivity index (χ4n) is 3.24. The summed E-state index contributed by atoms with van der Waals surface area (Å²) in [6.45, 7) is 3.80. The molecule has 144 valence electrons. The van der Waals surface area contributed by atoms with Crippen molar-refractivity contribution in [2.45, 2.75) is 25.8 Å². The molecule has 0 bridgehead atoms. The van der Waals surface area contributed by atoms with Crippen LogP contribution in [0, 0.1) is 12.3 Å². The van der Waals surface area contributed by atoms with Gasteiger partial charge in [0.15, 0.2) is 5.82 Å². The highest BCUT2D eigenvalue weighted by atomic mass is 15.2. The van der Waals surface area contributed by atoms with Gasteiger partial charge in [0, 0.05) is 30.5 Å². The summed E-state index contributed by atoms with van der Waals surface area (Å²) in [5.74, 6) is 3.57. The average Bonchev–Trinajstić information content (AvgIpc) is 3.16. The van der Waals surface area contributed by atoms with Gasteiger partial charge in [-0.05, 0) is 37.6 Å². The van der Waals surface area contributed by atoms with Gasteiger partial charge in [-0.15, -0.1) is 6.42 Å². The topological polar surface area (TPSA) is 56.8 Å². The molecule has 5 heteroatoms. The summed E-state index contributed by atoms with van der Waals surface area (Å²) in [5, 5.41) is 11.5. The fraction of sp³-hybridized carbons (Fsp3) is 0.304. The van der Waals surface area contributed by atoms with Crippen LogP contribution in [-0.2, 0) is 0 Å². The second kappa shape index (κ2) is 9.72. The Bertz CT molecular complexity index is 896. The van der Waals surface area contributed by atoms with Crippen molar-refractivity contribution in [1.82, 2.24) is 20.1 Å². The second-order valence-corrected chi connectivity index (χ2v) is 6.90. The van der Waals surface area contributed by atoms with Crippen LogP contribution in [0.25, 0.3) is 22.4 Å². The minimum absolute atomic E-state index is 0.313. The summed E-state index contributed by atoms with van der Waals surface area (Å²) in [4.78, 5) is 6.32. The van der Waals surface area contributed by atoms with Crippen LogP contribution in [0.1, 0.15) is 19.8 Å². The summed E-state index contributed by atoms with van der Waals surface area (Å²) >= 11 is 0. The predicted molar refractivity (Wildman–Crippen MR) is 116 cm³/mol. The van der Waals surface area contributed by atoms with E-state index in [0.717, 1.165) is 47.6 Å². The first-order valence-electron chi connectivity index (χ1n) is 9.65. The maximum Gasteiger partial charge on any atom is 0.156 e. The molecule has 0 spiro atoms. The molecule has 0 radical (unpaired) electrons. The zero-order valence-electron chi connectivity index (χ0n) is 16.5. The lowest BCUT2D eigenvalue weighted by Crippen LogP contribution is -2.27. The molecule has 3 rings (SSSR count). The van der Waals surface area contributed by atoms with Crippen molar-refractivity contribution in [3.8, 4) is 34.7 Å². The van der Waals surface area contributed by atoms with Gasteiger partial charge < -0.3 is 5.32 Å². The molecule has 0 aliphatic heterocycles. The van der Waals surface area contributed by atoms with E-state index in [2.05, 4.69) is 57.4 Å². The van der Waals surface area contributed by atoms with E-state index in [9.17, 15) is 0 Å². The van der Waals surface area contributed by atoms with E-state index in [4.69, 9.17) is 6.42 Å². The van der Waals surface area contributed by atoms with Gasteiger partial charge in [0.2, 0.25) is 0 Å². The second-order valence-electron chi connectivity index (χ2n) is 6.90. The highest BCUT2D eigenvalue weighted by Gasteiger charge is 2.19. The molecule has 0 aliphatic carbocycles. The zero-order chi connectivity index (χ0) is 19.8. The van der Waals surface area contributed by atoms with E-state index in [0.29, 0.717) is 12.6 Å². The van der Waals surface area contributed by atoms with Gasteiger partial charge in [0.1, 0.15) is 0 Å². The van der Waals surface area contributed by atoms with Crippen molar-refractivity contribution in [2.24, 2.45) is 0 Å². The first-order chi connectivity index (χ1) is 13.7. The van der Waals surface area contributed by atoms with Crippen LogP contribution in [-0.4, -0.2) is 46.3 Å². The summed E-state index contributed by atoms with van der Waals surface area (Å²) in [6, 6.07) is 14.6. The molecule has 1 unspecified atom stereocenters. The van der Waals surface area contributed by atoms with Gasteiger partial charge in [0.05, 0.1) is 17.8 Å². The molecule has 3 aromatic rings. The number of terminal acetylenes is 1. The van der Waals surface area contributed by atoms with E-state index in [1.807, 2.05) is 42.7 Å². The highest BCUT2D eigenvalue weighted by molar-refractivity contribution is 5.88. The van der Waals surface area contributed by atoms with Gasteiger partial charge in [0.25, 0.3) is 0 Å². The van der Waals surface area contributed by atoms with Crippen molar-refractivity contribution < 1.29 is 0 Å². The lowest BCUT2D eigenvalue weighted by Gasteiger charge is -2.21. The van der Waals surface area contributed by atoms with Crippen LogP contribution in [0.5, 0.6) is 0 Å². The summed E-state index contributed by atoms with van der Waals surface area (Å²) in [6.07, 6.45) is 11.0. The van der Waals surface area contributed by atoms with Crippen LogP contribution < -0.4 is 5.32 Å². The van der Waals surface area contributed by atoms with E-state index in [1.54, 1.807) is 0 Å². The van der Waals surface area contributed by atoms with Crippen LogP contribution in [0.4, 0.5) is 5.82 Å². The monoisotopic (exact) mass is 373 g/mol. The molecular formula is C23H27N5. The number of nitrogens with one attached hydrogen (secondary N) is 2. The quantitative estimate of drug-likeness (QED) is 0.550. The van der Waals surface area contributed by atoms with Crippen molar-refractivity contribution >= 4 is 5.82 Å². The van der Waals surface area contributed by atoms with E-state index >= 15 is 0 Å². The third-order valence-corrected chi connectivity index (χ3v) is 4.85. The molecule has 1 aromatic carbocycles. The first-order valence-corrected chi connectivity index (χ1v) is 9.65. The minimum Gasteiger partial charge on any atom is -0.365 e. The van der Waals surface area contributed by atoms with Gasteiger partial charge >= 0.3 is 0 Å². The van der Waals surface area contributed by atoms with Crippen LogP contribution in [0.3, 0.4) is 0 Å². The Morgan fingerprint density at radius 2 is 1.89 bits per heavy atom. The molecule has 2 N–H and O–H groups in total. The molecule has 2 heterocycles. The lowest BCUT2D eigenvalue weighted by atomic mass is 10.0. The number of hydrogen-bond acceptors (Lipinski definition) is 4. The largest absolute Gasteiger partial charge is 0.365 e. The SMILES string of the molecule is C#CCN(C)CCC(CC)Nc1n[nH]c(-c2ccccc2)c1-c1ccncc1. The zero-order valence-corrected chi connectivity index (χ0v) is 16.5. The molecule has 0 saturated carbocycles. The molecule has 0 aliphatic rings. The number of pyridine rings is 1. The maximum absolute atomic E-state index is 5.41. The van der Waals surface area contributed by atoms with Crippen molar-refractivity contribution in [2.75, 3.05) is 25.5 Å². The summed E-state index contributed by atoms with van der Waals surface area (Å²) in [5.41, 5.74) is 4.28. The van der Waals surface area contributed by atoms with E-state index in [-0.39, 0.29) is 0 Å². The number of rotatable bonds is 9. The number of H-pyrrole nitrogens is 1. The van der Waals surface area contributed by atoms with Crippen molar-refractivity contribution in [3.63, 3.8) is 0 Å². The summed E-state index contributed by atoms with van der Waals surface area (Å²) < 4.78 is 0. The van der Waals surface area contributed by atoms with Crippen LogP contribution >= 0.6 is 0 Å². The molecular weight excluding hydrogens is 346 g/mol. The van der Waals surface area contributed by atoms with Gasteiger partial charge in [-0.2, -0.15) is 5.10 Å². The highest BCUT2D eigenvalue weighted by Crippen LogP contribution is 2.36. The Labute approximate surface area is 167 Å². The number of aromatic nitrogens is 3. The van der Waals surface area contributed by atoms with Gasteiger partial charge in [-0.3, -0.25) is 15.0 Å². The van der Waals surface area contributed by atoms with Gasteiger partial charge in [-0.25, -0.2) is 0 Å². The molecule has 0 fully saturated rings. The molecule has 5 nitrogen and oxygen atoms in total. The number of benzene rings is 1. The van der Waals surface area contributed by atoms with Crippen LogP contribution in [0.15, 0.2) is 54.9 Å². The number of hydrogen-bond donors (Lipinski definition) is 2. The Hall–Kier alpha value is -3.10. The fourth-order valence-corrected chi connectivity index (χ4v) is 3.24. The normalized spacial score (nSPS) is 11.9. The standard InChI is InChI=1S/C23H27N5/c1-4-16-28(3)17-13-20(5-2)25-23-21(18-11-14-24-15-12-18)22(26-27-23)19-9-7-6-8-10-19/h1,6-12,14-15,20H,5,13,16-17H2,2-3H3,(H2,25,26,27). The van der Waals surface area contributed by atoms with Crippen LogP contribution in [0.2, 0.25) is 0 Å². The molecule has 2 aromatic heterocycles. The Balaban J connectivity index is 1.88. The molecule has 28 heavy (non-hydrogen) atoms. The van der Waals surface area contributed by atoms with Gasteiger partial charge in [-0.1, -0.05) is 43.2 Å². The molecule has 0 saturated heterocycles. The predicted octanol–water partition coefficient (Wildman–Crippen LogP) is 4.28. The minimum atomic E-state index is 0.313. The van der Waals surface area contributed by atoms with E-state index in [1.165, 1.54) is 0 Å². The summed E-state index contributed by atoms with van der Waals surface area (Å²) in [7, 11) is 2.05. The maximum atomic E-state index is 5.41. The Kier molecular flexibility index (Phi) is 6.83. The van der Waals surface area contributed by atoms with Crippen molar-refractivity contribution in [3.05, 3.63) is 54.9 Å². The number of anilines is 1. The van der Waals surface area contributed by atoms with Crippen molar-refractivity contribution in [1.29, 1.82) is 0 Å².